The van der Waals surface area contributed by atoms with Gasteiger partial charge in [-0.2, -0.15) is 0 Å². The fourth-order valence-electron chi connectivity index (χ4n) is 6.01. The minimum Gasteiger partial charge on any atom is -0.351 e. The molecule has 0 bridgehead atoms. The molecule has 0 radical (unpaired) electrons. The number of rotatable bonds is 2. The Hall–Kier alpha value is -1.84. The van der Waals surface area contributed by atoms with E-state index in [2.05, 4.69) is 55.3 Å². The van der Waals surface area contributed by atoms with Crippen molar-refractivity contribution >= 4 is 11.8 Å². The summed E-state index contributed by atoms with van der Waals surface area (Å²) in [5, 5.41) is 3.10. The first-order valence-corrected chi connectivity index (χ1v) is 10.9. The second-order valence-electron chi connectivity index (χ2n) is 10.9. The lowest BCUT2D eigenvalue weighted by atomic mass is 9.67. The highest BCUT2D eigenvalue weighted by Gasteiger charge is 2.59. The number of nitrogens with zero attached hydrogens (tertiary/aromatic N) is 1. The van der Waals surface area contributed by atoms with Gasteiger partial charge in [0.05, 0.1) is 0 Å². The molecule has 2 unspecified atom stereocenters. The van der Waals surface area contributed by atoms with Gasteiger partial charge in [-0.25, -0.2) is 0 Å². The summed E-state index contributed by atoms with van der Waals surface area (Å²) in [5.41, 5.74) is 3.30. The molecular formula is C24H32N2O2. The van der Waals surface area contributed by atoms with Crippen LogP contribution in [0.2, 0.25) is 0 Å². The molecule has 28 heavy (non-hydrogen) atoms. The lowest BCUT2D eigenvalue weighted by Crippen LogP contribution is -2.57. The topological polar surface area (TPSA) is 49.4 Å². The highest BCUT2D eigenvalue weighted by molar-refractivity contribution is 5.84. The molecular weight excluding hydrogens is 348 g/mol. The number of hydrogen-bond donors (Lipinski definition) is 1. The summed E-state index contributed by atoms with van der Waals surface area (Å²) < 4.78 is 0. The third kappa shape index (κ3) is 2.79. The molecule has 0 aromatic heterocycles. The first-order valence-electron chi connectivity index (χ1n) is 10.9. The molecule has 2 aliphatic carbocycles. The van der Waals surface area contributed by atoms with Crippen molar-refractivity contribution < 1.29 is 9.59 Å². The molecule has 1 N–H and O–H groups in total. The van der Waals surface area contributed by atoms with Gasteiger partial charge < -0.3 is 10.2 Å². The van der Waals surface area contributed by atoms with Gasteiger partial charge in [-0.15, -0.1) is 0 Å². The zero-order valence-electron chi connectivity index (χ0n) is 17.4. The Kier molecular flexibility index (Phi) is 3.80. The maximum atomic E-state index is 13.0. The van der Waals surface area contributed by atoms with E-state index < -0.39 is 0 Å². The Labute approximate surface area is 168 Å². The highest BCUT2D eigenvalue weighted by atomic mass is 16.2. The maximum absolute atomic E-state index is 13.0. The second kappa shape index (κ2) is 5.84. The Morgan fingerprint density at radius 1 is 1.11 bits per heavy atom. The minimum atomic E-state index is -0.0503. The van der Waals surface area contributed by atoms with Crippen LogP contribution in [0, 0.1) is 11.8 Å². The Bertz CT molecular complexity index is 816. The molecule has 2 aliphatic heterocycles. The van der Waals surface area contributed by atoms with Gasteiger partial charge in [0.25, 0.3) is 0 Å². The molecule has 2 heterocycles. The summed E-state index contributed by atoms with van der Waals surface area (Å²) >= 11 is 0. The summed E-state index contributed by atoms with van der Waals surface area (Å²) in [5.74, 6) is 1.22. The third-order valence-electron chi connectivity index (χ3n) is 8.00. The van der Waals surface area contributed by atoms with E-state index in [1.54, 1.807) is 0 Å². The highest BCUT2D eigenvalue weighted by Crippen LogP contribution is 2.59. The Balaban J connectivity index is 1.20. The van der Waals surface area contributed by atoms with Crippen molar-refractivity contribution in [2.24, 2.45) is 11.8 Å². The summed E-state index contributed by atoms with van der Waals surface area (Å²) in [6.07, 6.45) is 5.54. The predicted molar refractivity (Wildman–Crippen MR) is 109 cm³/mol. The van der Waals surface area contributed by atoms with E-state index in [0.29, 0.717) is 23.7 Å². The Morgan fingerprint density at radius 2 is 1.82 bits per heavy atom. The quantitative estimate of drug-likeness (QED) is 0.853. The zero-order valence-corrected chi connectivity index (χ0v) is 17.4. The van der Waals surface area contributed by atoms with Crippen LogP contribution in [-0.4, -0.2) is 35.3 Å². The van der Waals surface area contributed by atoms with Crippen molar-refractivity contribution in [3.8, 4) is 0 Å². The lowest BCUT2D eigenvalue weighted by Gasteiger charge is -2.46. The Morgan fingerprint density at radius 3 is 2.39 bits per heavy atom. The van der Waals surface area contributed by atoms with E-state index in [4.69, 9.17) is 0 Å². The molecule has 1 aromatic carbocycles. The fraction of sp³-hybridized carbons (Fsp3) is 0.667. The van der Waals surface area contributed by atoms with E-state index in [0.717, 1.165) is 38.8 Å². The number of carbonyl (C=O) groups is 2. The van der Waals surface area contributed by atoms with Crippen molar-refractivity contribution in [2.45, 2.75) is 75.7 Å². The van der Waals surface area contributed by atoms with Crippen LogP contribution in [0.3, 0.4) is 0 Å². The predicted octanol–water partition coefficient (Wildman–Crippen LogP) is 3.53. The van der Waals surface area contributed by atoms with Crippen molar-refractivity contribution in [2.75, 3.05) is 13.1 Å². The van der Waals surface area contributed by atoms with Gasteiger partial charge in [-0.05, 0) is 54.6 Å². The fourth-order valence-corrected chi connectivity index (χ4v) is 6.01. The molecule has 1 aromatic rings. The number of carbonyl (C=O) groups excluding carboxylic acids is 2. The number of hydrogen-bond acceptors (Lipinski definition) is 2. The largest absolute Gasteiger partial charge is 0.351 e. The molecule has 4 nitrogen and oxygen atoms in total. The van der Waals surface area contributed by atoms with E-state index >= 15 is 0 Å². The summed E-state index contributed by atoms with van der Waals surface area (Å²) in [6, 6.07) is 9.24. The molecule has 2 atom stereocenters. The minimum absolute atomic E-state index is 0.0503. The van der Waals surface area contributed by atoms with Gasteiger partial charge in [0.15, 0.2) is 0 Å². The van der Waals surface area contributed by atoms with Crippen molar-refractivity contribution in [3.63, 3.8) is 0 Å². The lowest BCUT2D eigenvalue weighted by molar-refractivity contribution is -0.143. The molecule has 2 amide bonds. The number of benzene rings is 1. The SMILES string of the molecule is CC(C)(C)c1ccc(C23CCN(C(=O)C4CC5(CCC(=O)N5)C4)CC2C3)cc1. The first kappa shape index (κ1) is 18.2. The molecule has 5 rings (SSSR count). The van der Waals surface area contributed by atoms with Crippen LogP contribution in [0.25, 0.3) is 0 Å². The molecule has 4 heteroatoms. The standard InChI is InChI=1S/C24H32N2O2/c1-22(2,3)17-4-6-18(7-5-17)24-10-11-26(15-19(24)14-24)21(28)16-12-23(13-16)9-8-20(27)25-23/h4-7,16,19H,8-15H2,1-3H3,(H,25,27). The van der Waals surface area contributed by atoms with Crippen LogP contribution in [-0.2, 0) is 20.4 Å². The van der Waals surface area contributed by atoms with Crippen LogP contribution in [0.5, 0.6) is 0 Å². The summed E-state index contributed by atoms with van der Waals surface area (Å²) in [6.45, 7) is 8.56. The number of nitrogens with one attached hydrogen (secondary N) is 1. The van der Waals surface area contributed by atoms with Gasteiger partial charge in [0.2, 0.25) is 11.8 Å². The summed E-state index contributed by atoms with van der Waals surface area (Å²) in [4.78, 5) is 26.6. The first-order chi connectivity index (χ1) is 13.2. The van der Waals surface area contributed by atoms with Gasteiger partial charge in [-0.3, -0.25) is 9.59 Å². The van der Waals surface area contributed by atoms with E-state index in [-0.39, 0.29) is 22.8 Å². The summed E-state index contributed by atoms with van der Waals surface area (Å²) in [7, 11) is 0. The molecule has 2 saturated carbocycles. The number of piperidine rings is 1. The smallest absolute Gasteiger partial charge is 0.225 e. The third-order valence-corrected chi connectivity index (χ3v) is 8.00. The average molecular weight is 381 g/mol. The van der Waals surface area contributed by atoms with Gasteiger partial charge in [0, 0.05) is 36.4 Å². The average Bonchev–Trinajstić information content (AvgIpc) is 3.25. The molecule has 2 saturated heterocycles. The number of likely N-dealkylation sites (tertiary alicyclic amines) is 1. The molecule has 1 spiro atoms. The van der Waals surface area contributed by atoms with E-state index in [1.165, 1.54) is 17.5 Å². The van der Waals surface area contributed by atoms with E-state index in [9.17, 15) is 9.59 Å². The van der Waals surface area contributed by atoms with Crippen LogP contribution in [0.4, 0.5) is 0 Å². The van der Waals surface area contributed by atoms with Crippen molar-refractivity contribution in [3.05, 3.63) is 35.4 Å². The molecule has 4 fully saturated rings. The van der Waals surface area contributed by atoms with Crippen LogP contribution >= 0.6 is 0 Å². The monoisotopic (exact) mass is 380 g/mol. The van der Waals surface area contributed by atoms with Gasteiger partial charge in [-0.1, -0.05) is 45.0 Å². The maximum Gasteiger partial charge on any atom is 0.225 e. The van der Waals surface area contributed by atoms with Crippen LogP contribution in [0.15, 0.2) is 24.3 Å². The van der Waals surface area contributed by atoms with Crippen LogP contribution in [0.1, 0.15) is 70.4 Å². The van der Waals surface area contributed by atoms with Crippen LogP contribution < -0.4 is 5.32 Å². The molecule has 4 aliphatic rings. The van der Waals surface area contributed by atoms with Gasteiger partial charge >= 0.3 is 0 Å². The molecule has 150 valence electrons. The van der Waals surface area contributed by atoms with Crippen molar-refractivity contribution in [1.29, 1.82) is 0 Å². The normalized spacial score (nSPS) is 36.7. The van der Waals surface area contributed by atoms with Gasteiger partial charge in [0.1, 0.15) is 0 Å². The number of fused-ring (bicyclic) bond motifs is 1. The second-order valence-corrected chi connectivity index (χ2v) is 10.9. The van der Waals surface area contributed by atoms with Crippen molar-refractivity contribution in [1.82, 2.24) is 10.2 Å². The number of amides is 2. The van der Waals surface area contributed by atoms with E-state index in [1.807, 2.05) is 0 Å². The zero-order chi connectivity index (χ0) is 19.7.